The lowest BCUT2D eigenvalue weighted by Crippen LogP contribution is -1.99. The number of aryl methyl sites for hydroxylation is 1. The van der Waals surface area contributed by atoms with Crippen molar-refractivity contribution < 1.29 is 9.47 Å². The van der Waals surface area contributed by atoms with Gasteiger partial charge in [-0.2, -0.15) is 0 Å². The summed E-state index contributed by atoms with van der Waals surface area (Å²) in [5.41, 5.74) is 4.73. The van der Waals surface area contributed by atoms with Gasteiger partial charge in [-0.3, -0.25) is 0 Å². The van der Waals surface area contributed by atoms with Gasteiger partial charge in [-0.1, -0.05) is 58.7 Å². The molecule has 0 saturated heterocycles. The molecule has 0 heterocycles. The standard InChI is InChI=1S/C18H20BrClO2/c1-3-13-4-6-14(7-5-13)8-15-9-17(19)16(10-18(15)20)11-22-12-21-2/h4-7,9-10H,3,8,11-12H2,1-2H3. The predicted molar refractivity (Wildman–Crippen MR) is 94.4 cm³/mol. The molecule has 2 aromatic carbocycles. The number of hydrogen-bond donors (Lipinski definition) is 0. The zero-order chi connectivity index (χ0) is 15.9. The molecule has 0 aliphatic heterocycles. The van der Waals surface area contributed by atoms with Crippen LogP contribution < -0.4 is 0 Å². The Bertz CT molecular complexity index is 611. The van der Waals surface area contributed by atoms with E-state index >= 15 is 0 Å². The van der Waals surface area contributed by atoms with E-state index in [4.69, 9.17) is 21.1 Å². The fraction of sp³-hybridized carbons (Fsp3) is 0.333. The molecule has 0 amide bonds. The summed E-state index contributed by atoms with van der Waals surface area (Å²) in [6, 6.07) is 12.7. The van der Waals surface area contributed by atoms with E-state index < -0.39 is 0 Å². The third kappa shape index (κ3) is 4.82. The van der Waals surface area contributed by atoms with Gasteiger partial charge in [0, 0.05) is 16.6 Å². The maximum atomic E-state index is 6.41. The van der Waals surface area contributed by atoms with Crippen LogP contribution in [0.25, 0.3) is 0 Å². The molecule has 0 N–H and O–H groups in total. The Morgan fingerprint density at radius 3 is 2.36 bits per heavy atom. The highest BCUT2D eigenvalue weighted by Crippen LogP contribution is 2.28. The molecular formula is C18H20BrClO2. The van der Waals surface area contributed by atoms with Gasteiger partial charge in [0.2, 0.25) is 0 Å². The minimum atomic E-state index is 0.273. The molecule has 0 atom stereocenters. The van der Waals surface area contributed by atoms with Gasteiger partial charge in [-0.25, -0.2) is 0 Å². The van der Waals surface area contributed by atoms with Gasteiger partial charge < -0.3 is 9.47 Å². The van der Waals surface area contributed by atoms with Crippen molar-refractivity contribution in [2.45, 2.75) is 26.4 Å². The lowest BCUT2D eigenvalue weighted by Gasteiger charge is -2.11. The normalized spacial score (nSPS) is 10.9. The Hall–Kier alpha value is -0.870. The highest BCUT2D eigenvalue weighted by molar-refractivity contribution is 9.10. The second-order valence-electron chi connectivity index (χ2n) is 5.14. The first-order valence-corrected chi connectivity index (χ1v) is 8.42. The molecule has 0 bridgehead atoms. The Labute approximate surface area is 145 Å². The van der Waals surface area contributed by atoms with E-state index in [1.807, 2.05) is 6.07 Å². The maximum Gasteiger partial charge on any atom is 0.146 e. The second kappa shape index (κ2) is 8.68. The SMILES string of the molecule is CCc1ccc(Cc2cc(Br)c(COCOC)cc2Cl)cc1. The molecule has 118 valence electrons. The maximum absolute atomic E-state index is 6.41. The van der Waals surface area contributed by atoms with Crippen LogP contribution in [0.1, 0.15) is 29.2 Å². The Kier molecular flexibility index (Phi) is 6.90. The van der Waals surface area contributed by atoms with Gasteiger partial charge in [-0.05, 0) is 47.2 Å². The van der Waals surface area contributed by atoms with Crippen molar-refractivity contribution in [1.29, 1.82) is 0 Å². The number of hydrogen-bond acceptors (Lipinski definition) is 2. The van der Waals surface area contributed by atoms with Crippen molar-refractivity contribution >= 4 is 27.5 Å². The van der Waals surface area contributed by atoms with Crippen molar-refractivity contribution in [3.63, 3.8) is 0 Å². The molecule has 2 aromatic rings. The average molecular weight is 384 g/mol. The molecule has 0 aliphatic carbocycles. The first-order valence-electron chi connectivity index (χ1n) is 7.25. The smallest absolute Gasteiger partial charge is 0.146 e. The van der Waals surface area contributed by atoms with E-state index in [1.54, 1.807) is 7.11 Å². The van der Waals surface area contributed by atoms with Gasteiger partial charge in [-0.15, -0.1) is 0 Å². The molecule has 0 fully saturated rings. The summed E-state index contributed by atoms with van der Waals surface area (Å²) in [6.07, 6.45) is 1.88. The van der Waals surface area contributed by atoms with Crippen molar-refractivity contribution in [2.75, 3.05) is 13.9 Å². The highest BCUT2D eigenvalue weighted by Gasteiger charge is 2.08. The van der Waals surface area contributed by atoms with Crippen LogP contribution in [0.5, 0.6) is 0 Å². The van der Waals surface area contributed by atoms with Crippen LogP contribution >= 0.6 is 27.5 Å². The zero-order valence-corrected chi connectivity index (χ0v) is 15.2. The Morgan fingerprint density at radius 2 is 1.73 bits per heavy atom. The lowest BCUT2D eigenvalue weighted by molar-refractivity contribution is -0.0392. The molecule has 4 heteroatoms. The molecular weight excluding hydrogens is 364 g/mol. The summed E-state index contributed by atoms with van der Waals surface area (Å²) in [6.45, 7) is 2.91. The number of methoxy groups -OCH3 is 1. The summed E-state index contributed by atoms with van der Waals surface area (Å²) in [5, 5.41) is 0.763. The van der Waals surface area contributed by atoms with Crippen molar-refractivity contribution in [3.8, 4) is 0 Å². The molecule has 22 heavy (non-hydrogen) atoms. The van der Waals surface area contributed by atoms with Gasteiger partial charge >= 0.3 is 0 Å². The topological polar surface area (TPSA) is 18.5 Å². The number of ether oxygens (including phenoxy) is 2. The minimum absolute atomic E-state index is 0.273. The first kappa shape index (κ1) is 17.5. The molecule has 2 nitrogen and oxygen atoms in total. The third-order valence-corrected chi connectivity index (χ3v) is 4.59. The number of benzene rings is 2. The summed E-state index contributed by atoms with van der Waals surface area (Å²) in [7, 11) is 1.61. The molecule has 0 spiro atoms. The monoisotopic (exact) mass is 382 g/mol. The fourth-order valence-electron chi connectivity index (χ4n) is 2.22. The Balaban J connectivity index is 2.12. The van der Waals surface area contributed by atoms with Crippen LogP contribution in [-0.2, 0) is 28.9 Å². The largest absolute Gasteiger partial charge is 0.359 e. The summed E-state index contributed by atoms with van der Waals surface area (Å²) in [5.74, 6) is 0. The molecule has 2 rings (SSSR count). The van der Waals surface area contributed by atoms with Gasteiger partial charge in [0.15, 0.2) is 0 Å². The molecule has 0 aliphatic rings. The predicted octanol–water partition coefficient (Wildman–Crippen LogP) is 5.38. The molecule has 0 saturated carbocycles. The van der Waals surface area contributed by atoms with Gasteiger partial charge in [0.1, 0.15) is 6.79 Å². The molecule has 0 unspecified atom stereocenters. The summed E-state index contributed by atoms with van der Waals surface area (Å²) >= 11 is 10.0. The minimum Gasteiger partial charge on any atom is -0.359 e. The number of rotatable bonds is 7. The second-order valence-corrected chi connectivity index (χ2v) is 6.40. The molecule has 0 radical (unpaired) electrons. The van der Waals surface area contributed by atoms with E-state index in [2.05, 4.69) is 53.2 Å². The lowest BCUT2D eigenvalue weighted by atomic mass is 10.0. The van der Waals surface area contributed by atoms with Crippen LogP contribution in [0, 0.1) is 0 Å². The van der Waals surface area contributed by atoms with Crippen molar-refractivity contribution in [2.24, 2.45) is 0 Å². The van der Waals surface area contributed by atoms with E-state index in [0.717, 1.165) is 33.5 Å². The number of halogens is 2. The quantitative estimate of drug-likeness (QED) is 0.472. The van der Waals surface area contributed by atoms with Crippen LogP contribution in [0.4, 0.5) is 0 Å². The summed E-state index contributed by atoms with van der Waals surface area (Å²) < 4.78 is 11.3. The van der Waals surface area contributed by atoms with Crippen molar-refractivity contribution in [1.82, 2.24) is 0 Å². The van der Waals surface area contributed by atoms with E-state index in [-0.39, 0.29) is 6.79 Å². The third-order valence-electron chi connectivity index (χ3n) is 3.50. The Morgan fingerprint density at radius 1 is 1.05 bits per heavy atom. The van der Waals surface area contributed by atoms with E-state index in [9.17, 15) is 0 Å². The van der Waals surface area contributed by atoms with Crippen LogP contribution in [0.3, 0.4) is 0 Å². The van der Waals surface area contributed by atoms with Crippen LogP contribution in [-0.4, -0.2) is 13.9 Å². The summed E-state index contributed by atoms with van der Waals surface area (Å²) in [4.78, 5) is 0. The van der Waals surface area contributed by atoms with Crippen molar-refractivity contribution in [3.05, 3.63) is 68.1 Å². The van der Waals surface area contributed by atoms with Crippen LogP contribution in [0.2, 0.25) is 5.02 Å². The van der Waals surface area contributed by atoms with E-state index in [0.29, 0.717) is 6.61 Å². The van der Waals surface area contributed by atoms with Crippen LogP contribution in [0.15, 0.2) is 40.9 Å². The zero-order valence-electron chi connectivity index (χ0n) is 12.9. The molecule has 0 aromatic heterocycles. The van der Waals surface area contributed by atoms with Gasteiger partial charge in [0.05, 0.1) is 6.61 Å². The van der Waals surface area contributed by atoms with Gasteiger partial charge in [0.25, 0.3) is 0 Å². The first-order chi connectivity index (χ1) is 10.6. The fourth-order valence-corrected chi connectivity index (χ4v) is 2.98. The van der Waals surface area contributed by atoms with E-state index in [1.165, 1.54) is 11.1 Å². The highest BCUT2D eigenvalue weighted by atomic mass is 79.9. The average Bonchev–Trinajstić information content (AvgIpc) is 2.53.